The van der Waals surface area contributed by atoms with Gasteiger partial charge in [0.25, 0.3) is 0 Å². The molecule has 0 aromatic carbocycles. The van der Waals surface area contributed by atoms with E-state index < -0.39 is 21.7 Å². The summed E-state index contributed by atoms with van der Waals surface area (Å²) in [5, 5.41) is 8.96. The smallest absolute Gasteiger partial charge is 0.322 e. The molecule has 1 N–H and O–H groups in total. The number of aliphatic hydroxyl groups is 1. The first kappa shape index (κ1) is 17.3. The van der Waals surface area contributed by atoms with E-state index >= 15 is 0 Å². The topological polar surface area (TPSA) is 83.9 Å². The van der Waals surface area contributed by atoms with Crippen LogP contribution < -0.4 is 0 Å². The van der Waals surface area contributed by atoms with E-state index in [9.17, 15) is 13.2 Å². The number of nitrogens with zero attached hydrogens (tertiary/aromatic N) is 1. The zero-order valence-electron chi connectivity index (χ0n) is 11.3. The van der Waals surface area contributed by atoms with Crippen LogP contribution in [0.2, 0.25) is 0 Å². The van der Waals surface area contributed by atoms with Gasteiger partial charge in [-0.25, -0.2) is 8.42 Å². The minimum absolute atomic E-state index is 0.00802. The average molecular weight is 281 g/mol. The van der Waals surface area contributed by atoms with Gasteiger partial charge in [0.15, 0.2) is 5.75 Å². The molecule has 0 aromatic heterocycles. The van der Waals surface area contributed by atoms with E-state index in [-0.39, 0.29) is 25.8 Å². The Kier molecular flexibility index (Phi) is 8.13. The van der Waals surface area contributed by atoms with E-state index in [1.807, 2.05) is 13.8 Å². The Morgan fingerprint density at radius 1 is 1.28 bits per heavy atom. The van der Waals surface area contributed by atoms with E-state index in [0.29, 0.717) is 12.8 Å². The lowest BCUT2D eigenvalue weighted by atomic mass is 10.2. The van der Waals surface area contributed by atoms with Crippen molar-refractivity contribution in [2.24, 2.45) is 0 Å². The van der Waals surface area contributed by atoms with Gasteiger partial charge in [-0.05, 0) is 19.8 Å². The van der Waals surface area contributed by atoms with Crippen molar-refractivity contribution in [2.45, 2.75) is 39.7 Å². The lowest BCUT2D eigenvalue weighted by molar-refractivity contribution is -0.140. The van der Waals surface area contributed by atoms with Crippen LogP contribution in [0.15, 0.2) is 0 Å². The fourth-order valence-corrected chi connectivity index (χ4v) is 3.44. The number of aliphatic hydroxyl groups excluding tert-OH is 1. The number of hydrogen-bond acceptors (Lipinski definition) is 5. The van der Waals surface area contributed by atoms with Gasteiger partial charge in [-0.15, -0.1) is 0 Å². The summed E-state index contributed by atoms with van der Waals surface area (Å²) in [5.74, 6) is -1.43. The minimum atomic E-state index is -3.73. The van der Waals surface area contributed by atoms with Crippen molar-refractivity contribution in [1.82, 2.24) is 4.31 Å². The van der Waals surface area contributed by atoms with Gasteiger partial charge in [0.05, 0.1) is 13.2 Å². The molecular weight excluding hydrogens is 258 g/mol. The average Bonchev–Trinajstić information content (AvgIpc) is 2.29. The summed E-state index contributed by atoms with van der Waals surface area (Å²) in [6.07, 6.45) is 1.27. The van der Waals surface area contributed by atoms with Crippen LogP contribution in [0.4, 0.5) is 0 Å². The number of rotatable bonds is 9. The zero-order valence-corrected chi connectivity index (χ0v) is 12.1. The normalized spacial score (nSPS) is 12.1. The summed E-state index contributed by atoms with van der Waals surface area (Å²) in [5.41, 5.74) is 0. The lowest BCUT2D eigenvalue weighted by Gasteiger charge is -2.28. The number of hydrogen-bond donors (Lipinski definition) is 1. The third-order valence-electron chi connectivity index (χ3n) is 2.63. The Morgan fingerprint density at radius 3 is 2.22 bits per heavy atom. The highest BCUT2D eigenvalue weighted by Crippen LogP contribution is 2.14. The maximum absolute atomic E-state index is 12.1. The molecule has 0 rings (SSSR count). The van der Waals surface area contributed by atoms with Gasteiger partial charge in [-0.3, -0.25) is 4.79 Å². The van der Waals surface area contributed by atoms with Crippen LogP contribution in [0.5, 0.6) is 0 Å². The van der Waals surface area contributed by atoms with Crippen molar-refractivity contribution in [3.8, 4) is 0 Å². The van der Waals surface area contributed by atoms with Crippen LogP contribution in [0.25, 0.3) is 0 Å². The summed E-state index contributed by atoms with van der Waals surface area (Å²) in [7, 11) is -3.73. The molecule has 0 aromatic rings. The molecule has 0 atom stereocenters. The fraction of sp³-hybridized carbons (Fsp3) is 0.909. The van der Waals surface area contributed by atoms with Crippen LogP contribution in [-0.2, 0) is 19.6 Å². The maximum Gasteiger partial charge on any atom is 0.322 e. The van der Waals surface area contributed by atoms with Crippen molar-refractivity contribution >= 4 is 16.0 Å². The first-order chi connectivity index (χ1) is 8.42. The first-order valence-corrected chi connectivity index (χ1v) is 7.79. The van der Waals surface area contributed by atoms with E-state index in [0.717, 1.165) is 0 Å². The predicted molar refractivity (Wildman–Crippen MR) is 68.6 cm³/mol. The Balaban J connectivity index is 4.91. The standard InChI is InChI=1S/C11H23NO5S/c1-4-10(5-2)12(7-8-13)18(15,16)9-11(14)17-6-3/h10,13H,4-9H2,1-3H3. The number of sulfonamides is 1. The molecule has 0 heterocycles. The monoisotopic (exact) mass is 281 g/mol. The Morgan fingerprint density at radius 2 is 1.83 bits per heavy atom. The highest BCUT2D eigenvalue weighted by Gasteiger charge is 2.30. The third kappa shape index (κ3) is 5.32. The van der Waals surface area contributed by atoms with Crippen molar-refractivity contribution in [2.75, 3.05) is 25.5 Å². The van der Waals surface area contributed by atoms with Crippen LogP contribution in [0.3, 0.4) is 0 Å². The Bertz CT molecular complexity index is 337. The quantitative estimate of drug-likeness (QED) is 0.617. The third-order valence-corrected chi connectivity index (χ3v) is 4.43. The van der Waals surface area contributed by atoms with Gasteiger partial charge in [0, 0.05) is 12.6 Å². The molecule has 0 saturated heterocycles. The molecule has 6 nitrogen and oxygen atoms in total. The minimum Gasteiger partial charge on any atom is -0.465 e. The summed E-state index contributed by atoms with van der Waals surface area (Å²) >= 11 is 0. The number of ether oxygens (including phenoxy) is 1. The van der Waals surface area contributed by atoms with Gasteiger partial charge in [0.1, 0.15) is 0 Å². The van der Waals surface area contributed by atoms with E-state index in [4.69, 9.17) is 5.11 Å². The molecule has 0 amide bonds. The largest absolute Gasteiger partial charge is 0.465 e. The van der Waals surface area contributed by atoms with Crippen LogP contribution in [0, 0.1) is 0 Å². The Hall–Kier alpha value is -0.660. The van der Waals surface area contributed by atoms with Gasteiger partial charge in [-0.1, -0.05) is 13.8 Å². The van der Waals surface area contributed by atoms with E-state index in [2.05, 4.69) is 4.74 Å². The molecule has 0 fully saturated rings. The fourth-order valence-electron chi connectivity index (χ4n) is 1.78. The molecule has 0 bridgehead atoms. The number of esters is 1. The second-order valence-electron chi connectivity index (χ2n) is 3.87. The van der Waals surface area contributed by atoms with Gasteiger partial charge < -0.3 is 9.84 Å². The first-order valence-electron chi connectivity index (χ1n) is 6.18. The summed E-state index contributed by atoms with van der Waals surface area (Å²) in [6, 6.07) is -0.198. The van der Waals surface area contributed by atoms with Gasteiger partial charge in [-0.2, -0.15) is 4.31 Å². The molecule has 0 aliphatic carbocycles. The number of carbonyl (C=O) groups is 1. The highest BCUT2D eigenvalue weighted by molar-refractivity contribution is 7.89. The Labute approximate surface area is 109 Å². The SMILES string of the molecule is CCOC(=O)CS(=O)(=O)N(CCO)C(CC)CC. The summed E-state index contributed by atoms with van der Waals surface area (Å²) < 4.78 is 30.0. The zero-order chi connectivity index (χ0) is 14.2. The molecule has 0 unspecified atom stereocenters. The molecule has 18 heavy (non-hydrogen) atoms. The summed E-state index contributed by atoms with van der Waals surface area (Å²) in [4.78, 5) is 11.3. The second-order valence-corrected chi connectivity index (χ2v) is 5.79. The summed E-state index contributed by atoms with van der Waals surface area (Å²) in [6.45, 7) is 5.26. The number of carbonyl (C=O) groups excluding carboxylic acids is 1. The van der Waals surface area contributed by atoms with Crippen molar-refractivity contribution < 1.29 is 23.1 Å². The van der Waals surface area contributed by atoms with Crippen molar-refractivity contribution in [3.05, 3.63) is 0 Å². The van der Waals surface area contributed by atoms with Crippen molar-refractivity contribution in [3.63, 3.8) is 0 Å². The molecule has 0 spiro atoms. The molecule has 0 saturated carbocycles. The molecule has 0 radical (unpaired) electrons. The van der Waals surface area contributed by atoms with E-state index in [1.165, 1.54) is 4.31 Å². The van der Waals surface area contributed by atoms with Gasteiger partial charge in [0.2, 0.25) is 10.0 Å². The molecule has 7 heteroatoms. The van der Waals surface area contributed by atoms with Gasteiger partial charge >= 0.3 is 5.97 Å². The second kappa shape index (κ2) is 8.44. The molecule has 0 aliphatic rings. The highest BCUT2D eigenvalue weighted by atomic mass is 32.2. The van der Waals surface area contributed by atoms with Crippen LogP contribution >= 0.6 is 0 Å². The van der Waals surface area contributed by atoms with Crippen LogP contribution in [0.1, 0.15) is 33.6 Å². The molecular formula is C11H23NO5S. The maximum atomic E-state index is 12.1. The van der Waals surface area contributed by atoms with E-state index in [1.54, 1.807) is 6.92 Å². The van der Waals surface area contributed by atoms with Crippen LogP contribution in [-0.4, -0.2) is 55.4 Å². The van der Waals surface area contributed by atoms with Crippen molar-refractivity contribution in [1.29, 1.82) is 0 Å². The molecule has 0 aliphatic heterocycles. The predicted octanol–water partition coefficient (Wildman–Crippen LogP) is 0.362. The molecule has 108 valence electrons. The lowest BCUT2D eigenvalue weighted by Crippen LogP contribution is -2.44.